The average Bonchev–Trinajstić information content (AvgIpc) is 3.24. The second-order valence-electron chi connectivity index (χ2n) is 6.90. The zero-order valence-corrected chi connectivity index (χ0v) is 16.8. The number of hydrogen-bond donors (Lipinski definition) is 2. The fourth-order valence-corrected chi connectivity index (χ4v) is 3.45. The quantitative estimate of drug-likeness (QED) is 0.727. The number of rotatable bonds is 7. The Labute approximate surface area is 167 Å². The molecule has 0 atom stereocenters. The molecule has 1 aliphatic carbocycles. The number of pyridine rings is 1. The van der Waals surface area contributed by atoms with E-state index in [1.54, 1.807) is 30.5 Å². The molecule has 28 heavy (non-hydrogen) atoms. The van der Waals surface area contributed by atoms with Gasteiger partial charge in [-0.25, -0.2) is 4.79 Å². The molecule has 0 spiro atoms. The molecule has 0 unspecified atom stereocenters. The zero-order valence-electron chi connectivity index (χ0n) is 16.8. The van der Waals surface area contributed by atoms with Crippen LogP contribution in [0.1, 0.15) is 61.9 Å². The van der Waals surface area contributed by atoms with E-state index in [0.29, 0.717) is 6.42 Å². The number of carbonyl (C=O) groups is 2. The van der Waals surface area contributed by atoms with Crippen molar-refractivity contribution in [3.05, 3.63) is 53.7 Å². The number of carbonyl (C=O) groups excluding carboxylic acids is 1. The van der Waals surface area contributed by atoms with E-state index in [9.17, 15) is 9.59 Å². The Hall–Kier alpha value is -2.69. The Bertz CT molecular complexity index is 748. The van der Waals surface area contributed by atoms with Gasteiger partial charge in [-0.05, 0) is 36.1 Å². The second-order valence-corrected chi connectivity index (χ2v) is 6.90. The predicted molar refractivity (Wildman–Crippen MR) is 111 cm³/mol. The van der Waals surface area contributed by atoms with Gasteiger partial charge >= 0.3 is 5.97 Å². The molecule has 1 aromatic heterocycles. The van der Waals surface area contributed by atoms with Crippen LogP contribution in [-0.4, -0.2) is 28.5 Å². The van der Waals surface area contributed by atoms with Crippen molar-refractivity contribution in [3.63, 3.8) is 0 Å². The van der Waals surface area contributed by atoms with Crippen LogP contribution in [0.2, 0.25) is 0 Å². The summed E-state index contributed by atoms with van der Waals surface area (Å²) < 4.78 is 0. The van der Waals surface area contributed by atoms with Crippen LogP contribution in [0.5, 0.6) is 0 Å². The number of benzene rings is 1. The van der Waals surface area contributed by atoms with Crippen molar-refractivity contribution in [3.8, 4) is 11.3 Å². The molecule has 0 radical (unpaired) electrons. The molecule has 1 aliphatic rings. The van der Waals surface area contributed by atoms with Gasteiger partial charge in [0.15, 0.2) is 0 Å². The molecule has 1 fully saturated rings. The Morgan fingerprint density at radius 2 is 1.75 bits per heavy atom. The molecular formula is C23H30N2O3. The third kappa shape index (κ3) is 6.48. The van der Waals surface area contributed by atoms with Crippen molar-refractivity contribution in [2.24, 2.45) is 5.92 Å². The van der Waals surface area contributed by atoms with E-state index in [1.165, 1.54) is 25.7 Å². The highest BCUT2D eigenvalue weighted by atomic mass is 16.4. The van der Waals surface area contributed by atoms with Crippen LogP contribution in [0, 0.1) is 5.92 Å². The van der Waals surface area contributed by atoms with E-state index in [1.807, 2.05) is 26.0 Å². The third-order valence-corrected chi connectivity index (χ3v) is 4.97. The van der Waals surface area contributed by atoms with Gasteiger partial charge in [-0.3, -0.25) is 9.78 Å². The van der Waals surface area contributed by atoms with Crippen LogP contribution in [0.25, 0.3) is 11.3 Å². The van der Waals surface area contributed by atoms with Crippen molar-refractivity contribution in [2.45, 2.75) is 52.4 Å². The lowest BCUT2D eigenvalue weighted by atomic mass is 10.0. The van der Waals surface area contributed by atoms with Gasteiger partial charge in [-0.1, -0.05) is 57.7 Å². The summed E-state index contributed by atoms with van der Waals surface area (Å²) in [5.41, 5.74) is 2.73. The van der Waals surface area contributed by atoms with Gasteiger partial charge < -0.3 is 10.4 Å². The molecule has 5 heteroatoms. The van der Waals surface area contributed by atoms with E-state index in [-0.39, 0.29) is 11.5 Å². The largest absolute Gasteiger partial charge is 0.478 e. The summed E-state index contributed by atoms with van der Waals surface area (Å²) in [4.78, 5) is 27.3. The van der Waals surface area contributed by atoms with Gasteiger partial charge in [0.25, 0.3) is 0 Å². The topological polar surface area (TPSA) is 79.3 Å². The summed E-state index contributed by atoms with van der Waals surface area (Å²) in [5, 5.41) is 11.9. The molecule has 3 rings (SSSR count). The van der Waals surface area contributed by atoms with Gasteiger partial charge in [0, 0.05) is 18.3 Å². The van der Waals surface area contributed by atoms with Gasteiger partial charge in [0.2, 0.25) is 5.91 Å². The van der Waals surface area contributed by atoms with Crippen LogP contribution >= 0.6 is 0 Å². The molecule has 2 N–H and O–H groups in total. The van der Waals surface area contributed by atoms with Crippen LogP contribution in [-0.2, 0) is 11.2 Å². The fraction of sp³-hybridized carbons (Fsp3) is 0.435. The standard InChI is InChI=1S/C21H24N2O3.C2H6/c24-20(22-12-11-15-3-1-2-4-15)13-16-5-10-19(23-14-16)17-6-8-18(9-7-17)21(25)26;1-2/h5-10,14-15H,1-4,11-13H2,(H,22,24)(H,25,26);1-2H3. The Kier molecular flexibility index (Phi) is 8.66. The van der Waals surface area contributed by atoms with Crippen molar-refractivity contribution < 1.29 is 14.7 Å². The highest BCUT2D eigenvalue weighted by Crippen LogP contribution is 2.26. The van der Waals surface area contributed by atoms with E-state index in [0.717, 1.165) is 35.7 Å². The molecule has 1 heterocycles. The minimum absolute atomic E-state index is 0.0309. The van der Waals surface area contributed by atoms with E-state index >= 15 is 0 Å². The first kappa shape index (κ1) is 21.6. The van der Waals surface area contributed by atoms with Crippen LogP contribution in [0.15, 0.2) is 42.6 Å². The third-order valence-electron chi connectivity index (χ3n) is 4.97. The van der Waals surface area contributed by atoms with Crippen LogP contribution in [0.4, 0.5) is 0 Å². The maximum atomic E-state index is 12.0. The molecule has 0 saturated heterocycles. The molecule has 0 bridgehead atoms. The Morgan fingerprint density at radius 3 is 2.32 bits per heavy atom. The van der Waals surface area contributed by atoms with Gasteiger partial charge in [0.05, 0.1) is 17.7 Å². The molecule has 150 valence electrons. The lowest BCUT2D eigenvalue weighted by Gasteiger charge is -2.10. The molecule has 1 aromatic carbocycles. The Morgan fingerprint density at radius 1 is 1.07 bits per heavy atom. The van der Waals surface area contributed by atoms with Crippen molar-refractivity contribution in [2.75, 3.05) is 6.54 Å². The van der Waals surface area contributed by atoms with Crippen LogP contribution < -0.4 is 5.32 Å². The normalized spacial score (nSPS) is 13.5. The zero-order chi connectivity index (χ0) is 20.4. The summed E-state index contributed by atoms with van der Waals surface area (Å²) in [6.07, 6.45) is 8.37. The number of carboxylic acid groups (broad SMARTS) is 1. The SMILES string of the molecule is CC.O=C(Cc1ccc(-c2ccc(C(=O)O)cc2)nc1)NCCC1CCCC1. The number of hydrogen-bond acceptors (Lipinski definition) is 3. The first-order chi connectivity index (χ1) is 13.6. The van der Waals surface area contributed by atoms with E-state index < -0.39 is 5.97 Å². The van der Waals surface area contributed by atoms with Crippen molar-refractivity contribution >= 4 is 11.9 Å². The average molecular weight is 383 g/mol. The summed E-state index contributed by atoms with van der Waals surface area (Å²) in [6, 6.07) is 10.3. The van der Waals surface area contributed by atoms with Crippen LogP contribution in [0.3, 0.4) is 0 Å². The Balaban J connectivity index is 0.00000136. The van der Waals surface area contributed by atoms with Gasteiger partial charge in [-0.15, -0.1) is 0 Å². The minimum Gasteiger partial charge on any atom is -0.478 e. The lowest BCUT2D eigenvalue weighted by molar-refractivity contribution is -0.120. The van der Waals surface area contributed by atoms with E-state index in [4.69, 9.17) is 5.11 Å². The van der Waals surface area contributed by atoms with Crippen molar-refractivity contribution in [1.29, 1.82) is 0 Å². The van der Waals surface area contributed by atoms with Gasteiger partial charge in [-0.2, -0.15) is 0 Å². The summed E-state index contributed by atoms with van der Waals surface area (Å²) in [6.45, 7) is 4.75. The predicted octanol–water partition coefficient (Wildman–Crippen LogP) is 4.71. The first-order valence-electron chi connectivity index (χ1n) is 10.2. The smallest absolute Gasteiger partial charge is 0.335 e. The molecule has 5 nitrogen and oxygen atoms in total. The fourth-order valence-electron chi connectivity index (χ4n) is 3.45. The number of nitrogens with zero attached hydrogens (tertiary/aromatic N) is 1. The second kappa shape index (κ2) is 11.2. The highest BCUT2D eigenvalue weighted by molar-refractivity contribution is 5.88. The number of nitrogens with one attached hydrogen (secondary N) is 1. The monoisotopic (exact) mass is 382 g/mol. The maximum absolute atomic E-state index is 12.0. The molecule has 2 aromatic rings. The lowest BCUT2D eigenvalue weighted by Crippen LogP contribution is -2.27. The summed E-state index contributed by atoms with van der Waals surface area (Å²) in [5.74, 6) is -0.133. The van der Waals surface area contributed by atoms with Crippen molar-refractivity contribution in [1.82, 2.24) is 10.3 Å². The highest BCUT2D eigenvalue weighted by Gasteiger charge is 2.14. The minimum atomic E-state index is -0.946. The number of aromatic carboxylic acids is 1. The summed E-state index contributed by atoms with van der Waals surface area (Å²) >= 11 is 0. The maximum Gasteiger partial charge on any atom is 0.335 e. The molecule has 0 aliphatic heterocycles. The number of aromatic nitrogens is 1. The number of amides is 1. The first-order valence-corrected chi connectivity index (χ1v) is 10.2. The molecule has 1 amide bonds. The summed E-state index contributed by atoms with van der Waals surface area (Å²) in [7, 11) is 0. The number of carboxylic acids is 1. The molecular weight excluding hydrogens is 352 g/mol. The van der Waals surface area contributed by atoms with Gasteiger partial charge in [0.1, 0.15) is 0 Å². The molecule has 1 saturated carbocycles. The van der Waals surface area contributed by atoms with E-state index in [2.05, 4.69) is 10.3 Å².